The Hall–Kier alpha value is -1.13. The van der Waals surface area contributed by atoms with Crippen molar-refractivity contribution < 1.29 is 0 Å². The Bertz CT molecular complexity index is 858. The van der Waals surface area contributed by atoms with Crippen LogP contribution in [-0.4, -0.2) is 17.8 Å². The van der Waals surface area contributed by atoms with Gasteiger partial charge in [-0.3, -0.25) is 0 Å². The minimum absolute atomic E-state index is 0.697. The third kappa shape index (κ3) is 3.31. The zero-order valence-electron chi connectivity index (χ0n) is 13.5. The first-order chi connectivity index (χ1) is 11.7. The number of hydrogen-bond donors (Lipinski definition) is 2. The average molecular weight is 379 g/mol. The molecule has 0 saturated carbocycles. The molecule has 0 spiro atoms. The number of nitrogens with one attached hydrogen (secondary N) is 1. The molecule has 2 aromatic carbocycles. The lowest BCUT2D eigenvalue weighted by atomic mass is 10.00. The van der Waals surface area contributed by atoms with Crippen molar-refractivity contribution in [1.82, 2.24) is 4.98 Å². The fraction of sp³-hybridized carbons (Fsp3) is 0.263. The fourth-order valence-corrected chi connectivity index (χ4v) is 4.15. The van der Waals surface area contributed by atoms with Crippen LogP contribution in [0.25, 0.3) is 22.2 Å². The topological polar surface area (TPSA) is 41.8 Å². The normalized spacial score (nSPS) is 11.3. The molecule has 0 amide bonds. The van der Waals surface area contributed by atoms with Gasteiger partial charge in [-0.05, 0) is 55.8 Å². The molecular formula is C19H20Cl2N2S. The summed E-state index contributed by atoms with van der Waals surface area (Å²) in [7, 11) is 0. The number of benzene rings is 2. The molecule has 0 fully saturated rings. The Morgan fingerprint density at radius 3 is 2.54 bits per heavy atom. The summed E-state index contributed by atoms with van der Waals surface area (Å²) in [6, 6.07) is 12.1. The van der Waals surface area contributed by atoms with Crippen molar-refractivity contribution in [3.8, 4) is 11.3 Å². The van der Waals surface area contributed by atoms with Crippen LogP contribution in [0.1, 0.15) is 18.4 Å². The summed E-state index contributed by atoms with van der Waals surface area (Å²) in [4.78, 5) is 4.76. The van der Waals surface area contributed by atoms with E-state index >= 15 is 0 Å². The van der Waals surface area contributed by atoms with Gasteiger partial charge in [0.1, 0.15) is 0 Å². The van der Waals surface area contributed by atoms with Gasteiger partial charge in [0.2, 0.25) is 0 Å². The highest BCUT2D eigenvalue weighted by Crippen LogP contribution is 2.40. The van der Waals surface area contributed by atoms with Crippen LogP contribution in [0, 0.1) is 0 Å². The minimum atomic E-state index is 0.697. The summed E-state index contributed by atoms with van der Waals surface area (Å²) in [5.41, 5.74) is 10.1. The van der Waals surface area contributed by atoms with Gasteiger partial charge in [-0.25, -0.2) is 0 Å². The lowest BCUT2D eigenvalue weighted by Gasteiger charge is -2.09. The van der Waals surface area contributed by atoms with Crippen molar-refractivity contribution in [2.24, 2.45) is 5.73 Å². The molecule has 2 nitrogen and oxygen atoms in total. The Morgan fingerprint density at radius 2 is 1.79 bits per heavy atom. The highest BCUT2D eigenvalue weighted by atomic mass is 35.5. The van der Waals surface area contributed by atoms with E-state index in [2.05, 4.69) is 35.5 Å². The third-order valence-corrected chi connectivity index (χ3v) is 5.64. The number of aromatic nitrogens is 1. The number of thioether (sulfide) groups is 1. The molecule has 0 bridgehead atoms. The molecule has 0 aliphatic carbocycles. The van der Waals surface area contributed by atoms with Crippen LogP contribution in [0.3, 0.4) is 0 Å². The molecule has 1 heterocycles. The maximum atomic E-state index is 6.51. The van der Waals surface area contributed by atoms with Gasteiger partial charge >= 0.3 is 0 Å². The molecule has 0 unspecified atom stereocenters. The molecule has 0 aliphatic rings. The van der Waals surface area contributed by atoms with Gasteiger partial charge in [0.25, 0.3) is 0 Å². The predicted octanol–water partition coefficient (Wildman–Crippen LogP) is 6.15. The molecule has 3 N–H and O–H groups in total. The van der Waals surface area contributed by atoms with Crippen LogP contribution in [0.2, 0.25) is 10.0 Å². The van der Waals surface area contributed by atoms with E-state index < -0.39 is 0 Å². The Morgan fingerprint density at radius 1 is 1.04 bits per heavy atom. The molecule has 0 radical (unpaired) electrons. The summed E-state index contributed by atoms with van der Waals surface area (Å²) >= 11 is 14.7. The highest BCUT2D eigenvalue weighted by molar-refractivity contribution is 7.98. The Kier molecular flexibility index (Phi) is 5.77. The summed E-state index contributed by atoms with van der Waals surface area (Å²) in [6.45, 7) is 0.702. The molecule has 3 aromatic rings. The van der Waals surface area contributed by atoms with Gasteiger partial charge in [-0.2, -0.15) is 0 Å². The second-order valence-corrected chi connectivity index (χ2v) is 7.37. The van der Waals surface area contributed by atoms with Gasteiger partial charge in [0.15, 0.2) is 0 Å². The third-order valence-electron chi connectivity index (χ3n) is 4.21. The zero-order valence-corrected chi connectivity index (χ0v) is 15.9. The Labute approximate surface area is 156 Å². The Balaban J connectivity index is 2.24. The van der Waals surface area contributed by atoms with Gasteiger partial charge < -0.3 is 10.7 Å². The van der Waals surface area contributed by atoms with E-state index in [0.717, 1.165) is 40.9 Å². The average Bonchev–Trinajstić information content (AvgIpc) is 2.99. The lowest BCUT2D eigenvalue weighted by Crippen LogP contribution is -1.99. The number of fused-ring (bicyclic) bond motifs is 1. The van der Waals surface area contributed by atoms with E-state index in [4.69, 9.17) is 28.9 Å². The molecule has 3 rings (SSSR count). The van der Waals surface area contributed by atoms with Crippen LogP contribution >= 0.6 is 35.0 Å². The molecule has 1 aromatic heterocycles. The van der Waals surface area contributed by atoms with E-state index in [1.54, 1.807) is 11.8 Å². The molecule has 0 saturated heterocycles. The minimum Gasteiger partial charge on any atom is -0.353 e. The monoisotopic (exact) mass is 378 g/mol. The first kappa shape index (κ1) is 17.7. The number of hydrogen-bond acceptors (Lipinski definition) is 2. The fourth-order valence-electron chi connectivity index (χ4n) is 3.07. The first-order valence-electron chi connectivity index (χ1n) is 7.99. The van der Waals surface area contributed by atoms with Gasteiger partial charge in [-0.1, -0.05) is 41.4 Å². The highest BCUT2D eigenvalue weighted by Gasteiger charge is 2.18. The quantitative estimate of drug-likeness (QED) is 0.399. The molecule has 5 heteroatoms. The van der Waals surface area contributed by atoms with Crippen molar-refractivity contribution in [2.45, 2.75) is 24.2 Å². The number of aryl methyl sites for hydroxylation is 1. The van der Waals surface area contributed by atoms with Crippen molar-refractivity contribution in [2.75, 3.05) is 12.8 Å². The van der Waals surface area contributed by atoms with Crippen LogP contribution in [0.15, 0.2) is 41.3 Å². The van der Waals surface area contributed by atoms with Crippen molar-refractivity contribution in [3.63, 3.8) is 0 Å². The molecular weight excluding hydrogens is 359 g/mol. The molecule has 126 valence electrons. The largest absolute Gasteiger partial charge is 0.353 e. The van der Waals surface area contributed by atoms with Crippen LogP contribution in [0.5, 0.6) is 0 Å². The number of rotatable bonds is 6. The van der Waals surface area contributed by atoms with Crippen LogP contribution < -0.4 is 5.73 Å². The van der Waals surface area contributed by atoms with Gasteiger partial charge in [-0.15, -0.1) is 11.8 Å². The maximum absolute atomic E-state index is 6.51. The zero-order chi connectivity index (χ0) is 17.1. The molecule has 0 aliphatic heterocycles. The number of aromatic amines is 1. The predicted molar refractivity (Wildman–Crippen MR) is 108 cm³/mol. The number of nitrogens with two attached hydrogens (primary N) is 1. The maximum Gasteiger partial charge on any atom is 0.0666 e. The van der Waals surface area contributed by atoms with Gasteiger partial charge in [0, 0.05) is 15.8 Å². The SMILES string of the molecule is CSc1ccccc1-c1[nH]c2c(Cl)ccc(Cl)c2c1CCCCN. The summed E-state index contributed by atoms with van der Waals surface area (Å²) < 4.78 is 0. The van der Waals surface area contributed by atoms with Crippen LogP contribution in [0.4, 0.5) is 0 Å². The van der Waals surface area contributed by atoms with Crippen molar-refractivity contribution in [1.29, 1.82) is 0 Å². The second kappa shape index (κ2) is 7.83. The van der Waals surface area contributed by atoms with E-state index in [1.807, 2.05) is 12.1 Å². The van der Waals surface area contributed by atoms with Gasteiger partial charge in [0.05, 0.1) is 21.3 Å². The van der Waals surface area contributed by atoms with E-state index in [-0.39, 0.29) is 0 Å². The number of H-pyrrole nitrogens is 1. The number of halogens is 2. The summed E-state index contributed by atoms with van der Waals surface area (Å²) in [5, 5.41) is 2.47. The second-order valence-electron chi connectivity index (χ2n) is 5.70. The van der Waals surface area contributed by atoms with E-state index in [1.165, 1.54) is 16.0 Å². The van der Waals surface area contributed by atoms with Crippen molar-refractivity contribution in [3.05, 3.63) is 52.0 Å². The summed E-state index contributed by atoms with van der Waals surface area (Å²) in [6.07, 6.45) is 5.04. The molecule has 24 heavy (non-hydrogen) atoms. The van der Waals surface area contributed by atoms with Crippen molar-refractivity contribution >= 4 is 45.9 Å². The smallest absolute Gasteiger partial charge is 0.0666 e. The first-order valence-corrected chi connectivity index (χ1v) is 9.97. The summed E-state index contributed by atoms with van der Waals surface area (Å²) in [5.74, 6) is 0. The van der Waals surface area contributed by atoms with Crippen LogP contribution in [-0.2, 0) is 6.42 Å². The molecule has 0 atom stereocenters. The standard InChI is InChI=1S/C19H20Cl2N2S/c1-24-16-8-3-2-6-12(16)18-13(7-4-5-11-22)17-14(20)9-10-15(21)19(17)23-18/h2-3,6,8-10,23H,4-5,7,11,22H2,1H3. The van der Waals surface area contributed by atoms with E-state index in [9.17, 15) is 0 Å². The number of unbranched alkanes of at least 4 members (excludes halogenated alkanes) is 1. The van der Waals surface area contributed by atoms with E-state index in [0.29, 0.717) is 11.6 Å². The lowest BCUT2D eigenvalue weighted by molar-refractivity contribution is 0.748.